The lowest BCUT2D eigenvalue weighted by atomic mass is 10.1. The van der Waals surface area contributed by atoms with Gasteiger partial charge < -0.3 is 9.47 Å². The van der Waals surface area contributed by atoms with Crippen molar-refractivity contribution in [1.82, 2.24) is 5.12 Å². The first kappa shape index (κ1) is 16.7. The molecule has 1 aliphatic rings. The zero-order valence-electron chi connectivity index (χ0n) is 13.8. The van der Waals surface area contributed by atoms with Crippen molar-refractivity contribution in [1.29, 1.82) is 0 Å². The third-order valence-electron chi connectivity index (χ3n) is 3.03. The maximum atomic E-state index is 12.4. The molecule has 0 saturated heterocycles. The lowest BCUT2D eigenvalue weighted by Crippen LogP contribution is -2.48. The first-order chi connectivity index (χ1) is 10.8. The first-order valence-corrected chi connectivity index (χ1v) is 7.17. The van der Waals surface area contributed by atoms with E-state index < -0.39 is 17.7 Å². The fourth-order valence-electron chi connectivity index (χ4n) is 2.13. The molecule has 1 amide bonds. The predicted molar refractivity (Wildman–Crippen MR) is 87.0 cm³/mol. The van der Waals surface area contributed by atoms with Crippen LogP contribution in [0, 0.1) is 0 Å². The number of ether oxygens (including phenoxy) is 2. The highest BCUT2D eigenvalue weighted by Crippen LogP contribution is 2.35. The lowest BCUT2D eigenvalue weighted by molar-refractivity contribution is 0.0292. The van der Waals surface area contributed by atoms with Gasteiger partial charge in [-0.05, 0) is 39.0 Å². The second kappa shape index (κ2) is 6.20. The molecule has 1 heterocycles. The molecule has 1 aromatic carbocycles. The summed E-state index contributed by atoms with van der Waals surface area (Å²) in [5.74, 6) is -0.444. The van der Waals surface area contributed by atoms with Crippen LogP contribution in [0.25, 0.3) is 0 Å². The van der Waals surface area contributed by atoms with Crippen LogP contribution in [-0.2, 0) is 9.47 Å². The van der Waals surface area contributed by atoms with Crippen LogP contribution >= 0.6 is 0 Å². The van der Waals surface area contributed by atoms with Gasteiger partial charge in [-0.15, -0.1) is 11.7 Å². The minimum atomic E-state index is -0.620. The molecular formula is C16H21N3O4. The Morgan fingerprint density at radius 1 is 1.35 bits per heavy atom. The first-order valence-electron chi connectivity index (χ1n) is 7.17. The van der Waals surface area contributed by atoms with Gasteiger partial charge in [0, 0.05) is 0 Å². The fourth-order valence-corrected chi connectivity index (χ4v) is 2.13. The van der Waals surface area contributed by atoms with Gasteiger partial charge in [0.2, 0.25) is 0 Å². The molecular weight excluding hydrogens is 298 g/mol. The van der Waals surface area contributed by atoms with Gasteiger partial charge in [0.1, 0.15) is 5.60 Å². The van der Waals surface area contributed by atoms with Gasteiger partial charge in [-0.25, -0.2) is 9.59 Å². The third-order valence-corrected chi connectivity index (χ3v) is 3.03. The molecule has 0 aliphatic carbocycles. The molecule has 23 heavy (non-hydrogen) atoms. The van der Waals surface area contributed by atoms with E-state index in [0.29, 0.717) is 17.8 Å². The Morgan fingerprint density at radius 3 is 2.61 bits per heavy atom. The number of carbonyl (C=O) groups excluding carboxylic acids is 2. The number of rotatable bonds is 3. The summed E-state index contributed by atoms with van der Waals surface area (Å²) in [7, 11) is 1.32. The molecule has 0 unspecified atom stereocenters. The molecule has 0 aromatic heterocycles. The van der Waals surface area contributed by atoms with Gasteiger partial charge in [-0.2, -0.15) is 0 Å². The Labute approximate surface area is 135 Å². The van der Waals surface area contributed by atoms with E-state index in [9.17, 15) is 9.59 Å². The van der Waals surface area contributed by atoms with Crippen LogP contribution in [0.3, 0.4) is 0 Å². The largest absolute Gasteiger partial charge is 0.465 e. The zero-order chi connectivity index (χ0) is 17.2. The second-order valence-corrected chi connectivity index (χ2v) is 6.00. The van der Waals surface area contributed by atoms with Crippen molar-refractivity contribution in [3.8, 4) is 0 Å². The molecule has 7 nitrogen and oxygen atoms in total. The van der Waals surface area contributed by atoms with Crippen molar-refractivity contribution in [3.05, 3.63) is 36.4 Å². The van der Waals surface area contributed by atoms with E-state index in [-0.39, 0.29) is 0 Å². The number of nitrogens with one attached hydrogen (secondary N) is 1. The molecule has 0 saturated carbocycles. The maximum absolute atomic E-state index is 12.4. The Morgan fingerprint density at radius 2 is 2.04 bits per heavy atom. The van der Waals surface area contributed by atoms with Crippen LogP contribution in [0.2, 0.25) is 0 Å². The van der Waals surface area contributed by atoms with E-state index in [2.05, 4.69) is 12.0 Å². The normalized spacial score (nSPS) is 13.2. The maximum Gasteiger partial charge on any atom is 0.449 e. The van der Waals surface area contributed by atoms with E-state index in [4.69, 9.17) is 9.47 Å². The number of nitrogens with zero attached hydrogens (tertiary/aromatic N) is 2. The smallest absolute Gasteiger partial charge is 0.449 e. The zero-order valence-corrected chi connectivity index (χ0v) is 13.8. The summed E-state index contributed by atoms with van der Waals surface area (Å²) in [5, 5.41) is 2.94. The van der Waals surface area contributed by atoms with E-state index in [1.54, 1.807) is 50.1 Å². The van der Waals surface area contributed by atoms with Crippen molar-refractivity contribution in [3.63, 3.8) is 0 Å². The summed E-state index contributed by atoms with van der Waals surface area (Å²) in [4.78, 5) is 24.0. The number of hydrogen-bond acceptors (Lipinski definition) is 6. The molecule has 0 bridgehead atoms. The number of amides is 1. The Bertz CT molecular complexity index is 637. The summed E-state index contributed by atoms with van der Waals surface area (Å²) in [6.07, 6.45) is 1.12. The van der Waals surface area contributed by atoms with E-state index >= 15 is 0 Å². The van der Waals surface area contributed by atoms with Crippen LogP contribution in [0.5, 0.6) is 0 Å². The molecule has 1 aromatic rings. The fraction of sp³-hybridized carbons (Fsp3) is 0.375. The van der Waals surface area contributed by atoms with Crippen LogP contribution < -0.4 is 10.4 Å². The molecule has 0 atom stereocenters. The average molecular weight is 319 g/mol. The van der Waals surface area contributed by atoms with Crippen LogP contribution in [-0.4, -0.2) is 36.4 Å². The standard InChI is InChI=1S/C16H21N3O4/c1-6-9-18-13-8-7-11(14(20)22-5)10-12(13)17-19(18)15(21)23-16(2,3)4/h6-8,10,17H,1,9H2,2-5H3. The molecule has 2 rings (SSSR count). The molecule has 124 valence electrons. The molecule has 7 heteroatoms. The van der Waals surface area contributed by atoms with Crippen molar-refractivity contribution < 1.29 is 19.1 Å². The van der Waals surface area contributed by atoms with Crippen LogP contribution in [0.1, 0.15) is 31.1 Å². The number of carbonyl (C=O) groups is 2. The van der Waals surface area contributed by atoms with Gasteiger partial charge in [0.25, 0.3) is 0 Å². The molecule has 0 spiro atoms. The number of hydrazine groups is 2. The van der Waals surface area contributed by atoms with Crippen molar-refractivity contribution in [2.45, 2.75) is 26.4 Å². The Kier molecular flexibility index (Phi) is 4.49. The Hall–Kier alpha value is -2.70. The van der Waals surface area contributed by atoms with Gasteiger partial charge in [-0.1, -0.05) is 6.08 Å². The summed E-state index contributed by atoms with van der Waals surface area (Å²) in [5.41, 5.74) is 4.06. The van der Waals surface area contributed by atoms with Gasteiger partial charge >= 0.3 is 12.1 Å². The summed E-state index contributed by atoms with van der Waals surface area (Å²) < 4.78 is 10.1. The number of esters is 1. The predicted octanol–water partition coefficient (Wildman–Crippen LogP) is 2.96. The number of methoxy groups -OCH3 is 1. The van der Waals surface area contributed by atoms with Crippen LogP contribution in [0.4, 0.5) is 16.2 Å². The molecule has 1 aliphatic heterocycles. The van der Waals surface area contributed by atoms with Gasteiger partial charge in [0.15, 0.2) is 0 Å². The monoisotopic (exact) mass is 319 g/mol. The number of fused-ring (bicyclic) bond motifs is 1. The summed E-state index contributed by atoms with van der Waals surface area (Å²) in [6.45, 7) is 9.48. The van der Waals surface area contributed by atoms with E-state index in [0.717, 1.165) is 5.69 Å². The summed E-state index contributed by atoms with van der Waals surface area (Å²) >= 11 is 0. The topological polar surface area (TPSA) is 71.1 Å². The van der Waals surface area contributed by atoms with Crippen LogP contribution in [0.15, 0.2) is 30.9 Å². The Balaban J connectivity index is 2.31. The van der Waals surface area contributed by atoms with Crippen molar-refractivity contribution >= 4 is 23.4 Å². The third kappa shape index (κ3) is 3.56. The number of hydrogen-bond donors (Lipinski definition) is 1. The highest BCUT2D eigenvalue weighted by atomic mass is 16.6. The summed E-state index contributed by atoms with van der Waals surface area (Å²) in [6, 6.07) is 5.01. The molecule has 1 N–H and O–H groups in total. The SMILES string of the molecule is C=CCN1c2ccc(C(=O)OC)cc2NN1C(=O)OC(C)(C)C. The van der Waals surface area contributed by atoms with Gasteiger partial charge in [0.05, 0.1) is 30.6 Å². The van der Waals surface area contributed by atoms with E-state index in [1.165, 1.54) is 12.2 Å². The highest BCUT2D eigenvalue weighted by molar-refractivity contribution is 5.93. The van der Waals surface area contributed by atoms with Gasteiger partial charge in [-0.3, -0.25) is 10.4 Å². The average Bonchev–Trinajstić information content (AvgIpc) is 2.83. The number of benzene rings is 1. The van der Waals surface area contributed by atoms with E-state index in [1.807, 2.05) is 0 Å². The second-order valence-electron chi connectivity index (χ2n) is 6.00. The lowest BCUT2D eigenvalue weighted by Gasteiger charge is -2.30. The minimum absolute atomic E-state index is 0.392. The number of anilines is 2. The van der Waals surface area contributed by atoms with Crippen molar-refractivity contribution in [2.24, 2.45) is 0 Å². The highest BCUT2D eigenvalue weighted by Gasteiger charge is 2.34. The minimum Gasteiger partial charge on any atom is -0.465 e. The molecule has 0 radical (unpaired) electrons. The molecule has 0 fully saturated rings. The van der Waals surface area contributed by atoms with Crippen molar-refractivity contribution in [2.75, 3.05) is 24.1 Å². The quantitative estimate of drug-likeness (QED) is 0.682.